The number of methoxy groups -OCH3 is 1. The van der Waals surface area contributed by atoms with Gasteiger partial charge in [-0.25, -0.2) is 8.42 Å². The molecular weight excluding hydrogens is 444 g/mol. The predicted molar refractivity (Wildman–Crippen MR) is 111 cm³/mol. The Bertz CT molecular complexity index is 923. The van der Waals surface area contributed by atoms with E-state index in [2.05, 4.69) is 15.9 Å². The molecule has 3 rings (SSSR count). The fraction of sp³-hybridized carbons (Fsp3) is 0.350. The molecule has 0 N–H and O–H groups in total. The minimum Gasteiger partial charge on any atom is -0.497 e. The summed E-state index contributed by atoms with van der Waals surface area (Å²) in [7, 11) is -1.92. The van der Waals surface area contributed by atoms with Gasteiger partial charge in [0.2, 0.25) is 15.9 Å². The van der Waals surface area contributed by atoms with Crippen LogP contribution in [0.5, 0.6) is 5.75 Å². The van der Waals surface area contributed by atoms with Crippen LogP contribution in [-0.4, -0.2) is 56.8 Å². The van der Waals surface area contributed by atoms with Gasteiger partial charge in [-0.3, -0.25) is 4.79 Å². The number of nitrogens with zero attached hydrogens (tertiary/aromatic N) is 2. The summed E-state index contributed by atoms with van der Waals surface area (Å²) in [6, 6.07) is 14.3. The van der Waals surface area contributed by atoms with Crippen molar-refractivity contribution in [1.29, 1.82) is 0 Å². The number of benzene rings is 2. The van der Waals surface area contributed by atoms with Crippen LogP contribution in [-0.2, 0) is 21.2 Å². The molecule has 0 radical (unpaired) electrons. The molecule has 0 aromatic heterocycles. The van der Waals surface area contributed by atoms with E-state index in [9.17, 15) is 13.2 Å². The number of ether oxygens (including phenoxy) is 1. The first-order valence-corrected chi connectivity index (χ1v) is 11.3. The van der Waals surface area contributed by atoms with Crippen molar-refractivity contribution in [3.05, 3.63) is 58.6 Å². The molecular formula is C20H23BrN2O4S. The topological polar surface area (TPSA) is 66.9 Å². The standard InChI is InChI=1S/C20H23BrN2O4S/c1-27-18-8-5-16(6-9-18)7-10-20(24)22-11-13-23(14-12-22)28(25,26)19-4-2-3-17(21)15-19/h2-6,8-9,15H,7,10-14H2,1H3. The van der Waals surface area contributed by atoms with Crippen LogP contribution < -0.4 is 4.74 Å². The van der Waals surface area contributed by atoms with Crippen LogP contribution >= 0.6 is 15.9 Å². The summed E-state index contributed by atoms with van der Waals surface area (Å²) >= 11 is 3.31. The number of amides is 1. The van der Waals surface area contributed by atoms with E-state index < -0.39 is 10.0 Å². The van der Waals surface area contributed by atoms with E-state index in [-0.39, 0.29) is 10.8 Å². The van der Waals surface area contributed by atoms with Gasteiger partial charge in [-0.15, -0.1) is 0 Å². The van der Waals surface area contributed by atoms with Gasteiger partial charge in [0.15, 0.2) is 0 Å². The molecule has 8 heteroatoms. The van der Waals surface area contributed by atoms with Crippen molar-refractivity contribution in [3.63, 3.8) is 0 Å². The Morgan fingerprint density at radius 1 is 1.07 bits per heavy atom. The summed E-state index contributed by atoms with van der Waals surface area (Å²) in [5.74, 6) is 0.841. The van der Waals surface area contributed by atoms with Crippen LogP contribution in [0.1, 0.15) is 12.0 Å². The molecule has 1 heterocycles. The Morgan fingerprint density at radius 3 is 2.36 bits per heavy atom. The second-order valence-corrected chi connectivity index (χ2v) is 9.44. The fourth-order valence-corrected chi connectivity index (χ4v) is 5.18. The van der Waals surface area contributed by atoms with E-state index in [0.717, 1.165) is 15.8 Å². The Hall–Kier alpha value is -1.90. The molecule has 1 amide bonds. The van der Waals surface area contributed by atoms with Crippen molar-refractivity contribution < 1.29 is 17.9 Å². The number of halogens is 1. The monoisotopic (exact) mass is 466 g/mol. The lowest BCUT2D eigenvalue weighted by atomic mass is 10.1. The van der Waals surface area contributed by atoms with Gasteiger partial charge < -0.3 is 9.64 Å². The maximum absolute atomic E-state index is 12.8. The number of aryl methyl sites for hydroxylation is 1. The second-order valence-electron chi connectivity index (χ2n) is 6.59. The number of piperazine rings is 1. The summed E-state index contributed by atoms with van der Waals surface area (Å²) in [5.41, 5.74) is 1.07. The maximum Gasteiger partial charge on any atom is 0.243 e. The van der Waals surface area contributed by atoms with Gasteiger partial charge in [-0.2, -0.15) is 4.31 Å². The molecule has 1 aliphatic heterocycles. The summed E-state index contributed by atoms with van der Waals surface area (Å²) < 4.78 is 32.8. The van der Waals surface area contributed by atoms with Crippen molar-refractivity contribution in [3.8, 4) is 5.75 Å². The van der Waals surface area contributed by atoms with Gasteiger partial charge >= 0.3 is 0 Å². The summed E-state index contributed by atoms with van der Waals surface area (Å²) in [4.78, 5) is 14.5. The molecule has 0 spiro atoms. The van der Waals surface area contributed by atoms with E-state index in [0.29, 0.717) is 39.0 Å². The molecule has 2 aromatic rings. The van der Waals surface area contributed by atoms with E-state index in [1.165, 1.54) is 4.31 Å². The Kier molecular flexibility index (Phi) is 6.74. The van der Waals surface area contributed by atoms with Crippen LogP contribution in [0.2, 0.25) is 0 Å². The van der Waals surface area contributed by atoms with Gasteiger partial charge in [-0.1, -0.05) is 34.1 Å². The average Bonchev–Trinajstić information content (AvgIpc) is 2.72. The first-order chi connectivity index (χ1) is 13.4. The highest BCUT2D eigenvalue weighted by Crippen LogP contribution is 2.21. The third-order valence-corrected chi connectivity index (χ3v) is 7.20. The van der Waals surface area contributed by atoms with Gasteiger partial charge in [0, 0.05) is 37.1 Å². The van der Waals surface area contributed by atoms with E-state index in [1.54, 1.807) is 36.3 Å². The molecule has 1 fully saturated rings. The Balaban J connectivity index is 1.53. The number of carbonyl (C=O) groups excluding carboxylic acids is 1. The average molecular weight is 467 g/mol. The Labute approximate surface area is 174 Å². The maximum atomic E-state index is 12.8. The third-order valence-electron chi connectivity index (χ3n) is 4.81. The molecule has 1 saturated heterocycles. The van der Waals surface area contributed by atoms with Gasteiger partial charge in [0.25, 0.3) is 0 Å². The highest BCUT2D eigenvalue weighted by molar-refractivity contribution is 9.10. The summed E-state index contributed by atoms with van der Waals surface area (Å²) in [5, 5.41) is 0. The summed E-state index contributed by atoms with van der Waals surface area (Å²) in [6.45, 7) is 1.44. The number of sulfonamides is 1. The van der Waals surface area contributed by atoms with Gasteiger partial charge in [0.05, 0.1) is 12.0 Å². The highest BCUT2D eigenvalue weighted by Gasteiger charge is 2.30. The van der Waals surface area contributed by atoms with E-state index in [4.69, 9.17) is 4.74 Å². The van der Waals surface area contributed by atoms with Crippen LogP contribution in [0.4, 0.5) is 0 Å². The highest BCUT2D eigenvalue weighted by atomic mass is 79.9. The van der Waals surface area contributed by atoms with Crippen molar-refractivity contribution in [2.24, 2.45) is 0 Å². The van der Waals surface area contributed by atoms with Gasteiger partial charge in [0.1, 0.15) is 5.75 Å². The number of rotatable bonds is 6. The van der Waals surface area contributed by atoms with Crippen LogP contribution in [0.25, 0.3) is 0 Å². The van der Waals surface area contributed by atoms with Crippen molar-refractivity contribution >= 4 is 31.9 Å². The quantitative estimate of drug-likeness (QED) is 0.656. The second kappa shape index (κ2) is 9.07. The van der Waals surface area contributed by atoms with Gasteiger partial charge in [-0.05, 0) is 42.3 Å². The fourth-order valence-electron chi connectivity index (χ4n) is 3.16. The molecule has 28 heavy (non-hydrogen) atoms. The zero-order valence-electron chi connectivity index (χ0n) is 15.7. The minimum atomic E-state index is -3.54. The number of hydrogen-bond acceptors (Lipinski definition) is 4. The van der Waals surface area contributed by atoms with E-state index >= 15 is 0 Å². The first-order valence-electron chi connectivity index (χ1n) is 9.06. The molecule has 150 valence electrons. The number of hydrogen-bond donors (Lipinski definition) is 0. The van der Waals surface area contributed by atoms with E-state index in [1.807, 2.05) is 24.3 Å². The smallest absolute Gasteiger partial charge is 0.243 e. The predicted octanol–water partition coefficient (Wildman–Crippen LogP) is 2.92. The largest absolute Gasteiger partial charge is 0.497 e. The zero-order valence-corrected chi connectivity index (χ0v) is 18.1. The number of carbonyl (C=O) groups is 1. The van der Waals surface area contributed by atoms with Crippen LogP contribution in [0, 0.1) is 0 Å². The third kappa shape index (κ3) is 4.92. The normalized spacial score (nSPS) is 15.4. The molecule has 0 atom stereocenters. The molecule has 0 aliphatic carbocycles. The molecule has 2 aromatic carbocycles. The summed E-state index contributed by atoms with van der Waals surface area (Å²) in [6.07, 6.45) is 1.06. The SMILES string of the molecule is COc1ccc(CCC(=O)N2CCN(S(=O)(=O)c3cccc(Br)c3)CC2)cc1. The Morgan fingerprint density at radius 2 is 1.75 bits per heavy atom. The molecule has 0 bridgehead atoms. The lowest BCUT2D eigenvalue weighted by Crippen LogP contribution is -2.50. The van der Waals surface area contributed by atoms with Crippen LogP contribution in [0.3, 0.4) is 0 Å². The molecule has 6 nitrogen and oxygen atoms in total. The van der Waals surface area contributed by atoms with Crippen molar-refractivity contribution in [2.45, 2.75) is 17.7 Å². The first kappa shape index (κ1) is 20.8. The molecule has 1 aliphatic rings. The van der Waals surface area contributed by atoms with Crippen LogP contribution in [0.15, 0.2) is 57.9 Å². The molecule has 0 unspecified atom stereocenters. The zero-order chi connectivity index (χ0) is 20.1. The van der Waals surface area contributed by atoms with Crippen molar-refractivity contribution in [1.82, 2.24) is 9.21 Å². The lowest BCUT2D eigenvalue weighted by Gasteiger charge is -2.34. The van der Waals surface area contributed by atoms with Crippen molar-refractivity contribution in [2.75, 3.05) is 33.3 Å². The lowest BCUT2D eigenvalue weighted by molar-refractivity contribution is -0.132. The molecule has 0 saturated carbocycles. The minimum absolute atomic E-state index is 0.0512.